The molecule has 176 valence electrons. The van der Waals surface area contributed by atoms with E-state index in [1.54, 1.807) is 0 Å². The molecule has 1 heterocycles. The van der Waals surface area contributed by atoms with Gasteiger partial charge in [-0.25, -0.2) is 8.42 Å². The van der Waals surface area contributed by atoms with Gasteiger partial charge in [0.2, 0.25) is 0 Å². The summed E-state index contributed by atoms with van der Waals surface area (Å²) in [4.78, 5) is 36.8. The Bertz CT molecular complexity index is 1500. The summed E-state index contributed by atoms with van der Waals surface area (Å²) in [5.41, 5.74) is -3.80. The number of nitrogens with zero attached hydrogens (tertiary/aromatic N) is 2. The first-order chi connectivity index (χ1) is 15.2. The molecule has 0 saturated carbocycles. The van der Waals surface area contributed by atoms with Crippen LogP contribution in [0.15, 0.2) is 50.9 Å². The van der Waals surface area contributed by atoms with Gasteiger partial charge in [0, 0.05) is 14.1 Å². The minimum absolute atomic E-state index is 0.0926. The summed E-state index contributed by atoms with van der Waals surface area (Å²) >= 11 is 0. The molecule has 0 saturated heterocycles. The minimum atomic E-state index is -4.81. The number of anilines is 1. The second-order valence-electron chi connectivity index (χ2n) is 7.66. The van der Waals surface area contributed by atoms with Gasteiger partial charge in [-0.2, -0.15) is 13.2 Å². The third-order valence-corrected chi connectivity index (χ3v) is 7.44. The molecule has 3 aromatic rings. The predicted octanol–water partition coefficient (Wildman–Crippen LogP) is 2.69. The molecule has 33 heavy (non-hydrogen) atoms. The van der Waals surface area contributed by atoms with E-state index in [0.717, 1.165) is 39.5 Å². The van der Waals surface area contributed by atoms with E-state index in [1.165, 1.54) is 34.0 Å². The number of carbonyl (C=O) groups is 1. The molecular weight excluding hydrogens is 463 g/mol. The second kappa shape index (κ2) is 8.18. The number of hydrogen-bond donors (Lipinski definition) is 1. The van der Waals surface area contributed by atoms with Crippen molar-refractivity contribution in [1.29, 1.82) is 0 Å². The van der Waals surface area contributed by atoms with E-state index in [9.17, 15) is 36.0 Å². The van der Waals surface area contributed by atoms with Crippen molar-refractivity contribution in [2.24, 2.45) is 14.1 Å². The third-order valence-electron chi connectivity index (χ3n) is 5.24. The Labute approximate surface area is 186 Å². The molecule has 0 unspecified atom stereocenters. The van der Waals surface area contributed by atoms with Crippen molar-refractivity contribution in [2.45, 2.75) is 30.2 Å². The highest BCUT2D eigenvalue weighted by Gasteiger charge is 2.35. The molecule has 1 amide bonds. The van der Waals surface area contributed by atoms with Crippen molar-refractivity contribution in [3.63, 3.8) is 0 Å². The van der Waals surface area contributed by atoms with Gasteiger partial charge in [0.05, 0.1) is 38.0 Å². The number of nitrogens with one attached hydrogen (secondary N) is 1. The lowest BCUT2D eigenvalue weighted by Crippen LogP contribution is -2.39. The lowest BCUT2D eigenvalue weighted by molar-refractivity contribution is -0.137. The molecular formula is C21H20F3N3O5S. The summed E-state index contributed by atoms with van der Waals surface area (Å²) in [6.45, 7) is 2.79. The van der Waals surface area contributed by atoms with Crippen LogP contribution in [0.25, 0.3) is 11.0 Å². The standard InChI is InChI=1S/C21H20F3N3O5S/c1-11(2)33(31,32)17-10-16-15(26(3)19(29)20(30)27(16)4)9-14(17)25-18(28)12-7-5-6-8-13(12)21(22,23)24/h5-11H,1-4H3,(H,25,28). The molecule has 1 aromatic heterocycles. The Hall–Kier alpha value is -3.41. The molecule has 0 radical (unpaired) electrons. The highest BCUT2D eigenvalue weighted by atomic mass is 32.2. The van der Waals surface area contributed by atoms with Crippen molar-refractivity contribution in [1.82, 2.24) is 9.13 Å². The Morgan fingerprint density at radius 2 is 1.48 bits per heavy atom. The van der Waals surface area contributed by atoms with Gasteiger partial charge in [-0.05, 0) is 38.1 Å². The number of hydrogen-bond acceptors (Lipinski definition) is 5. The molecule has 1 N–H and O–H groups in total. The van der Waals surface area contributed by atoms with Crippen molar-refractivity contribution in [2.75, 3.05) is 5.32 Å². The predicted molar refractivity (Wildman–Crippen MR) is 116 cm³/mol. The number of carbonyl (C=O) groups excluding carboxylic acids is 1. The number of sulfone groups is 1. The van der Waals surface area contributed by atoms with E-state index in [0.29, 0.717) is 0 Å². The number of amides is 1. The first-order valence-corrected chi connectivity index (χ1v) is 11.2. The molecule has 0 aliphatic rings. The topological polar surface area (TPSA) is 107 Å². The van der Waals surface area contributed by atoms with Gasteiger partial charge in [0.25, 0.3) is 5.91 Å². The minimum Gasteiger partial charge on any atom is -0.321 e. The van der Waals surface area contributed by atoms with Crippen LogP contribution in [0, 0.1) is 0 Å². The van der Waals surface area contributed by atoms with Crippen molar-refractivity contribution in [3.05, 3.63) is 68.2 Å². The average molecular weight is 483 g/mol. The lowest BCUT2D eigenvalue weighted by Gasteiger charge is -2.18. The fourth-order valence-electron chi connectivity index (χ4n) is 3.31. The Morgan fingerprint density at radius 3 is 2.00 bits per heavy atom. The summed E-state index contributed by atoms with van der Waals surface area (Å²) in [5.74, 6) is -1.18. The van der Waals surface area contributed by atoms with Gasteiger partial charge in [-0.1, -0.05) is 12.1 Å². The maximum absolute atomic E-state index is 13.4. The summed E-state index contributed by atoms with van der Waals surface area (Å²) in [6, 6.07) is 6.35. The zero-order valence-corrected chi connectivity index (χ0v) is 18.8. The van der Waals surface area contributed by atoms with Crippen LogP contribution >= 0.6 is 0 Å². The normalized spacial score (nSPS) is 12.4. The van der Waals surface area contributed by atoms with Gasteiger partial charge in [-0.3, -0.25) is 14.4 Å². The number of alkyl halides is 3. The number of rotatable bonds is 4. The smallest absolute Gasteiger partial charge is 0.321 e. The van der Waals surface area contributed by atoms with E-state index >= 15 is 0 Å². The lowest BCUT2D eigenvalue weighted by atomic mass is 10.1. The Kier molecular flexibility index (Phi) is 6.01. The number of aryl methyl sites for hydroxylation is 2. The summed E-state index contributed by atoms with van der Waals surface area (Å²) in [6.07, 6.45) is -4.81. The number of benzene rings is 2. The molecule has 0 atom stereocenters. The van der Waals surface area contributed by atoms with E-state index in [1.807, 2.05) is 0 Å². The van der Waals surface area contributed by atoms with Crippen LogP contribution in [0.4, 0.5) is 18.9 Å². The number of halogens is 3. The Balaban J connectivity index is 2.32. The zero-order valence-electron chi connectivity index (χ0n) is 18.0. The van der Waals surface area contributed by atoms with Gasteiger partial charge in [0.1, 0.15) is 0 Å². The number of fused-ring (bicyclic) bond motifs is 1. The highest BCUT2D eigenvalue weighted by molar-refractivity contribution is 7.92. The van der Waals surface area contributed by atoms with Crippen molar-refractivity contribution in [3.8, 4) is 0 Å². The van der Waals surface area contributed by atoms with Crippen LogP contribution < -0.4 is 16.4 Å². The SMILES string of the molecule is CC(C)S(=O)(=O)c1cc2c(cc1NC(=O)c1ccccc1C(F)(F)F)n(C)c(=O)c(=O)n2C. The van der Waals surface area contributed by atoms with Crippen LogP contribution in [-0.2, 0) is 30.1 Å². The van der Waals surface area contributed by atoms with Gasteiger partial charge >= 0.3 is 17.3 Å². The summed E-state index contributed by atoms with van der Waals surface area (Å²) in [5, 5.41) is 1.31. The zero-order chi connectivity index (χ0) is 24.9. The van der Waals surface area contributed by atoms with Crippen LogP contribution in [0.3, 0.4) is 0 Å². The molecule has 2 aromatic carbocycles. The molecule has 0 aliphatic heterocycles. The average Bonchev–Trinajstić information content (AvgIpc) is 2.75. The fraction of sp³-hybridized carbons (Fsp3) is 0.286. The van der Waals surface area contributed by atoms with Crippen molar-refractivity contribution < 1.29 is 26.4 Å². The molecule has 3 rings (SSSR count). The van der Waals surface area contributed by atoms with Gasteiger partial charge < -0.3 is 14.5 Å². The van der Waals surface area contributed by atoms with Crippen LogP contribution in [0.5, 0.6) is 0 Å². The molecule has 0 fully saturated rings. The van der Waals surface area contributed by atoms with Gasteiger partial charge in [-0.15, -0.1) is 0 Å². The van der Waals surface area contributed by atoms with E-state index in [4.69, 9.17) is 0 Å². The quantitative estimate of drug-likeness (QED) is 0.575. The van der Waals surface area contributed by atoms with Crippen LogP contribution in [0.1, 0.15) is 29.8 Å². The first kappa shape index (κ1) is 24.2. The van der Waals surface area contributed by atoms with E-state index in [-0.39, 0.29) is 16.7 Å². The summed E-state index contributed by atoms with van der Waals surface area (Å²) in [7, 11) is -1.49. The first-order valence-electron chi connectivity index (χ1n) is 9.63. The fourth-order valence-corrected chi connectivity index (χ4v) is 4.51. The van der Waals surface area contributed by atoms with E-state index in [2.05, 4.69) is 5.32 Å². The molecule has 8 nitrogen and oxygen atoms in total. The van der Waals surface area contributed by atoms with Crippen molar-refractivity contribution >= 4 is 32.5 Å². The third kappa shape index (κ3) is 4.17. The second-order valence-corrected chi connectivity index (χ2v) is 10.1. The van der Waals surface area contributed by atoms with Crippen LogP contribution in [0.2, 0.25) is 0 Å². The summed E-state index contributed by atoms with van der Waals surface area (Å²) < 4.78 is 68.0. The monoisotopic (exact) mass is 483 g/mol. The molecule has 0 aliphatic carbocycles. The molecule has 12 heteroatoms. The number of aromatic nitrogens is 2. The highest BCUT2D eigenvalue weighted by Crippen LogP contribution is 2.34. The molecule has 0 spiro atoms. The van der Waals surface area contributed by atoms with Crippen LogP contribution in [-0.4, -0.2) is 28.7 Å². The maximum Gasteiger partial charge on any atom is 0.417 e. The Morgan fingerprint density at radius 1 is 0.970 bits per heavy atom. The van der Waals surface area contributed by atoms with Gasteiger partial charge in [0.15, 0.2) is 9.84 Å². The van der Waals surface area contributed by atoms with E-state index < -0.39 is 54.3 Å². The molecule has 0 bridgehead atoms. The largest absolute Gasteiger partial charge is 0.417 e. The maximum atomic E-state index is 13.4.